The van der Waals surface area contributed by atoms with Crippen LogP contribution in [0.25, 0.3) is 0 Å². The molecule has 6 heteroatoms. The Bertz CT molecular complexity index is 1400. The zero-order valence-corrected chi connectivity index (χ0v) is 50.5. The van der Waals surface area contributed by atoms with Crippen LogP contribution in [-0.4, -0.2) is 37.2 Å². The van der Waals surface area contributed by atoms with Crippen LogP contribution in [0.4, 0.5) is 0 Å². The van der Waals surface area contributed by atoms with Crippen LogP contribution in [0.3, 0.4) is 0 Å². The largest absolute Gasteiger partial charge is 0.462 e. The molecule has 0 aliphatic heterocycles. The second-order valence-corrected chi connectivity index (χ2v) is 22.0. The summed E-state index contributed by atoms with van der Waals surface area (Å²) in [6, 6.07) is 0. The van der Waals surface area contributed by atoms with E-state index in [1.807, 2.05) is 0 Å². The van der Waals surface area contributed by atoms with Crippen molar-refractivity contribution in [3.63, 3.8) is 0 Å². The smallest absolute Gasteiger partial charge is 0.306 e. The first-order valence-electron chi connectivity index (χ1n) is 32.9. The van der Waals surface area contributed by atoms with E-state index in [2.05, 4.69) is 93.7 Å². The van der Waals surface area contributed by atoms with Gasteiger partial charge in [-0.2, -0.15) is 0 Å². The van der Waals surface area contributed by atoms with Crippen molar-refractivity contribution in [1.29, 1.82) is 0 Å². The van der Waals surface area contributed by atoms with Gasteiger partial charge in [0.25, 0.3) is 0 Å². The Morgan fingerprint density at radius 1 is 0.276 bits per heavy atom. The Balaban J connectivity index is 4.27. The molecule has 76 heavy (non-hydrogen) atoms. The van der Waals surface area contributed by atoms with E-state index in [9.17, 15) is 14.4 Å². The molecule has 0 rings (SSSR count). The number of unbranched alkanes of at least 4 members (excludes halogenated alkanes) is 37. The van der Waals surface area contributed by atoms with Gasteiger partial charge in [-0.1, -0.05) is 299 Å². The number of ether oxygens (including phenoxy) is 3. The number of hydrogen-bond acceptors (Lipinski definition) is 6. The van der Waals surface area contributed by atoms with Crippen molar-refractivity contribution in [3.8, 4) is 0 Å². The molecule has 1 atom stereocenters. The first kappa shape index (κ1) is 72.8. The summed E-state index contributed by atoms with van der Waals surface area (Å²) in [5, 5.41) is 0. The first-order chi connectivity index (χ1) is 37.5. The summed E-state index contributed by atoms with van der Waals surface area (Å²) in [7, 11) is 0. The fourth-order valence-corrected chi connectivity index (χ4v) is 9.53. The summed E-state index contributed by atoms with van der Waals surface area (Å²) in [4.78, 5) is 38.3. The van der Waals surface area contributed by atoms with Crippen molar-refractivity contribution in [1.82, 2.24) is 0 Å². The number of carbonyl (C=O) groups excluding carboxylic acids is 3. The molecular weight excluding hydrogens is 937 g/mol. The van der Waals surface area contributed by atoms with Crippen LogP contribution in [0.15, 0.2) is 72.9 Å². The summed E-state index contributed by atoms with van der Waals surface area (Å²) in [5.74, 6) is -0.902. The molecule has 0 amide bonds. The van der Waals surface area contributed by atoms with Crippen LogP contribution in [0.2, 0.25) is 0 Å². The highest BCUT2D eigenvalue weighted by molar-refractivity contribution is 5.71. The molecule has 6 nitrogen and oxygen atoms in total. The van der Waals surface area contributed by atoms with E-state index in [0.717, 1.165) is 96.3 Å². The molecule has 0 aromatic rings. The third kappa shape index (κ3) is 61.7. The van der Waals surface area contributed by atoms with Crippen LogP contribution >= 0.6 is 0 Å². The van der Waals surface area contributed by atoms with Gasteiger partial charge in [0, 0.05) is 19.3 Å². The molecule has 0 aliphatic rings. The number of esters is 3. The Morgan fingerprint density at radius 2 is 0.513 bits per heavy atom. The van der Waals surface area contributed by atoms with Gasteiger partial charge in [-0.15, -0.1) is 0 Å². The summed E-state index contributed by atoms with van der Waals surface area (Å²) in [6.45, 7) is 6.54. The van der Waals surface area contributed by atoms with Crippen LogP contribution < -0.4 is 0 Å². The van der Waals surface area contributed by atoms with Crippen molar-refractivity contribution in [2.75, 3.05) is 13.2 Å². The maximum atomic E-state index is 12.9. The SMILES string of the molecule is CC/C=C\C/C=C\C/C=C\C/C=C\C/C=C\CCCCCC(=O)OC(COC(=O)CCCCCCCCCCCCCC)COC(=O)CCCCCCCCCCCCCCCCC/C=C\CCCCCCCCCC. The van der Waals surface area contributed by atoms with Crippen molar-refractivity contribution in [2.24, 2.45) is 0 Å². The third-order valence-electron chi connectivity index (χ3n) is 14.4. The molecule has 0 spiro atoms. The molecule has 0 radical (unpaired) electrons. The van der Waals surface area contributed by atoms with Crippen LogP contribution in [0.1, 0.15) is 335 Å². The summed E-state index contributed by atoms with van der Waals surface area (Å²) >= 11 is 0. The van der Waals surface area contributed by atoms with E-state index >= 15 is 0 Å². The maximum Gasteiger partial charge on any atom is 0.306 e. The molecule has 0 fully saturated rings. The number of allylic oxidation sites excluding steroid dienone is 12. The molecule has 0 heterocycles. The second kappa shape index (κ2) is 64.4. The standard InChI is InChI=1S/C70H124O6/c1-4-7-10-13-16-19-22-25-27-29-31-32-33-34-35-36-37-38-40-41-43-45-48-51-54-57-60-63-69(72)75-66-67(65-74-68(71)62-59-56-53-50-47-24-21-18-15-12-9-6-3)76-70(73)64-61-58-55-52-49-46-44-42-39-30-28-26-23-20-17-14-11-8-5-2/h8,11,17,20,26,28-29,31,39,42,46,49,67H,4-7,9-10,12-16,18-19,21-25,27,30,32-38,40-41,43-45,47-48,50-66H2,1-3H3/b11-8-,20-17-,28-26-,31-29-,42-39-,49-46-. The van der Waals surface area contributed by atoms with E-state index in [1.54, 1.807) is 0 Å². The van der Waals surface area contributed by atoms with E-state index in [4.69, 9.17) is 14.2 Å². The predicted molar refractivity (Wildman–Crippen MR) is 330 cm³/mol. The second-order valence-electron chi connectivity index (χ2n) is 22.0. The fraction of sp³-hybridized carbons (Fsp3) is 0.786. The van der Waals surface area contributed by atoms with Gasteiger partial charge in [0.1, 0.15) is 13.2 Å². The normalized spacial score (nSPS) is 12.5. The topological polar surface area (TPSA) is 78.9 Å². The molecule has 0 aromatic heterocycles. The molecule has 0 N–H and O–H groups in total. The lowest BCUT2D eigenvalue weighted by molar-refractivity contribution is -0.167. The van der Waals surface area contributed by atoms with Crippen LogP contribution in [-0.2, 0) is 28.6 Å². The minimum Gasteiger partial charge on any atom is -0.462 e. The first-order valence-corrected chi connectivity index (χ1v) is 32.9. The highest BCUT2D eigenvalue weighted by atomic mass is 16.6. The van der Waals surface area contributed by atoms with Gasteiger partial charge >= 0.3 is 17.9 Å². The zero-order chi connectivity index (χ0) is 55.0. The van der Waals surface area contributed by atoms with Gasteiger partial charge in [0.2, 0.25) is 0 Å². The van der Waals surface area contributed by atoms with E-state index < -0.39 is 6.10 Å². The minimum absolute atomic E-state index is 0.0854. The van der Waals surface area contributed by atoms with Crippen LogP contribution in [0.5, 0.6) is 0 Å². The summed E-state index contributed by atoms with van der Waals surface area (Å²) < 4.78 is 16.9. The lowest BCUT2D eigenvalue weighted by Gasteiger charge is -2.18. The molecule has 0 aromatic carbocycles. The highest BCUT2D eigenvalue weighted by Gasteiger charge is 2.19. The minimum atomic E-state index is -0.791. The fourth-order valence-electron chi connectivity index (χ4n) is 9.53. The number of carbonyl (C=O) groups is 3. The van der Waals surface area contributed by atoms with E-state index in [0.29, 0.717) is 19.3 Å². The molecule has 1 unspecified atom stereocenters. The van der Waals surface area contributed by atoms with Gasteiger partial charge in [-0.25, -0.2) is 0 Å². The average molecular weight is 1060 g/mol. The lowest BCUT2D eigenvalue weighted by Crippen LogP contribution is -2.30. The van der Waals surface area contributed by atoms with Crippen molar-refractivity contribution in [3.05, 3.63) is 72.9 Å². The Labute approximate surface area is 472 Å². The molecule has 0 saturated heterocycles. The monoisotopic (exact) mass is 1060 g/mol. The molecule has 0 bridgehead atoms. The molecule has 0 saturated carbocycles. The van der Waals surface area contributed by atoms with Gasteiger partial charge in [-0.05, 0) is 89.9 Å². The van der Waals surface area contributed by atoms with Crippen molar-refractivity contribution in [2.45, 2.75) is 341 Å². The summed E-state index contributed by atoms with van der Waals surface area (Å²) in [5.41, 5.74) is 0. The van der Waals surface area contributed by atoms with Gasteiger partial charge in [0.15, 0.2) is 6.10 Å². The Hall–Kier alpha value is -3.15. The van der Waals surface area contributed by atoms with Gasteiger partial charge in [-0.3, -0.25) is 14.4 Å². The van der Waals surface area contributed by atoms with Gasteiger partial charge < -0.3 is 14.2 Å². The van der Waals surface area contributed by atoms with E-state index in [-0.39, 0.29) is 31.1 Å². The lowest BCUT2D eigenvalue weighted by atomic mass is 10.0. The highest BCUT2D eigenvalue weighted by Crippen LogP contribution is 2.17. The number of hydrogen-bond donors (Lipinski definition) is 0. The molecule has 0 aliphatic carbocycles. The zero-order valence-electron chi connectivity index (χ0n) is 50.5. The third-order valence-corrected chi connectivity index (χ3v) is 14.4. The van der Waals surface area contributed by atoms with Crippen LogP contribution in [0, 0.1) is 0 Å². The van der Waals surface area contributed by atoms with E-state index in [1.165, 1.54) is 199 Å². The van der Waals surface area contributed by atoms with Crippen molar-refractivity contribution < 1.29 is 28.6 Å². The quantitative estimate of drug-likeness (QED) is 0.0261. The number of rotatable bonds is 60. The Morgan fingerprint density at radius 3 is 0.829 bits per heavy atom. The Kier molecular flexibility index (Phi) is 61.7. The van der Waals surface area contributed by atoms with Gasteiger partial charge in [0.05, 0.1) is 0 Å². The maximum absolute atomic E-state index is 12.9. The predicted octanol–water partition coefficient (Wildman–Crippen LogP) is 22.5. The summed E-state index contributed by atoms with van der Waals surface area (Å²) in [6.07, 6.45) is 83.5. The molecule has 440 valence electrons. The van der Waals surface area contributed by atoms with Crippen molar-refractivity contribution >= 4 is 17.9 Å². The molecular formula is C70H124O6. The average Bonchev–Trinajstić information content (AvgIpc) is 3.42.